The molecule has 2 heterocycles. The highest BCUT2D eigenvalue weighted by molar-refractivity contribution is 5.73. The van der Waals surface area contributed by atoms with Crippen LogP contribution >= 0.6 is 0 Å². The van der Waals surface area contributed by atoms with Crippen molar-refractivity contribution in [2.75, 3.05) is 13.2 Å². The molecule has 0 aromatic heterocycles. The van der Waals surface area contributed by atoms with E-state index in [4.69, 9.17) is 37.9 Å². The molecule has 1 aromatic carbocycles. The van der Waals surface area contributed by atoms with Crippen LogP contribution in [-0.4, -0.2) is 115 Å². The van der Waals surface area contributed by atoms with E-state index in [9.17, 15) is 34.2 Å². The molecule has 16 nitrogen and oxygen atoms in total. The van der Waals surface area contributed by atoms with Gasteiger partial charge in [0.2, 0.25) is 5.91 Å². The lowest BCUT2D eigenvalue weighted by Crippen LogP contribution is -2.68. The summed E-state index contributed by atoms with van der Waals surface area (Å²) in [6.07, 6.45) is -12.9. The van der Waals surface area contributed by atoms with Crippen molar-refractivity contribution >= 4 is 29.8 Å². The predicted molar refractivity (Wildman–Crippen MR) is 147 cm³/mol. The fourth-order valence-electron chi connectivity index (χ4n) is 5.04. The van der Waals surface area contributed by atoms with E-state index in [2.05, 4.69) is 5.32 Å². The number of carbonyl (C=O) groups is 5. The molecule has 0 unspecified atom stereocenters. The summed E-state index contributed by atoms with van der Waals surface area (Å²) in [4.78, 5) is 60.2. The van der Waals surface area contributed by atoms with Gasteiger partial charge in [-0.1, -0.05) is 30.3 Å². The molecule has 0 spiro atoms. The number of aliphatic hydroxyl groups excluding tert-OH is 2. The van der Waals surface area contributed by atoms with Crippen molar-refractivity contribution < 1.29 is 72.1 Å². The standard InChI is InChI=1S/C29H39NO15/c1-14(32)30-22-25(39-12-19-9-7-6-8-10-19)23(20(11-31)43-28(22)37)45-29-27(42-18(5)36)26(41-17(4)35)24(40-16(3)34)21(44-29)13-38-15(2)33/h6-10,20-29,31,37H,11-13H2,1-5H3,(H,30,32)/t20-,21-,22-,23-,24+,25-,26+,27-,28-,29+/m1/s1. The third-order valence-corrected chi connectivity index (χ3v) is 6.74. The number of amides is 1. The Labute approximate surface area is 259 Å². The number of hydrogen-bond acceptors (Lipinski definition) is 15. The van der Waals surface area contributed by atoms with Crippen LogP contribution in [0.3, 0.4) is 0 Å². The van der Waals surface area contributed by atoms with Gasteiger partial charge in [-0.25, -0.2) is 0 Å². The maximum atomic E-state index is 12.2. The monoisotopic (exact) mass is 641 g/mol. The van der Waals surface area contributed by atoms with Crippen molar-refractivity contribution in [2.24, 2.45) is 0 Å². The van der Waals surface area contributed by atoms with Crippen LogP contribution in [0.25, 0.3) is 0 Å². The molecular formula is C29H39NO15. The summed E-state index contributed by atoms with van der Waals surface area (Å²) >= 11 is 0. The summed E-state index contributed by atoms with van der Waals surface area (Å²) in [5, 5.41) is 23.6. The highest BCUT2D eigenvalue weighted by atomic mass is 16.8. The fourth-order valence-corrected chi connectivity index (χ4v) is 5.04. The molecule has 2 aliphatic heterocycles. The van der Waals surface area contributed by atoms with E-state index in [0.717, 1.165) is 33.3 Å². The largest absolute Gasteiger partial charge is 0.463 e. The Morgan fingerprint density at radius 3 is 1.91 bits per heavy atom. The van der Waals surface area contributed by atoms with Crippen molar-refractivity contribution in [2.45, 2.75) is 103 Å². The Kier molecular flexibility index (Phi) is 13.2. The quantitative estimate of drug-likeness (QED) is 0.189. The minimum atomic E-state index is -1.65. The molecule has 16 heteroatoms. The van der Waals surface area contributed by atoms with Crippen molar-refractivity contribution in [1.82, 2.24) is 5.32 Å². The van der Waals surface area contributed by atoms with Crippen LogP contribution in [0, 0.1) is 0 Å². The van der Waals surface area contributed by atoms with Crippen molar-refractivity contribution in [3.8, 4) is 0 Å². The first-order valence-electron chi connectivity index (χ1n) is 14.1. The van der Waals surface area contributed by atoms with Gasteiger partial charge >= 0.3 is 23.9 Å². The molecule has 0 bridgehead atoms. The van der Waals surface area contributed by atoms with Gasteiger partial charge < -0.3 is 53.4 Å². The maximum Gasteiger partial charge on any atom is 0.303 e. The van der Waals surface area contributed by atoms with E-state index in [1.807, 2.05) is 0 Å². The summed E-state index contributed by atoms with van der Waals surface area (Å²) in [6, 6.07) is 7.71. The minimum Gasteiger partial charge on any atom is -0.463 e. The van der Waals surface area contributed by atoms with E-state index in [1.165, 1.54) is 6.92 Å². The van der Waals surface area contributed by atoms with Crippen LogP contribution in [0.4, 0.5) is 0 Å². The van der Waals surface area contributed by atoms with E-state index < -0.39 is 104 Å². The van der Waals surface area contributed by atoms with Crippen LogP contribution in [0.15, 0.2) is 30.3 Å². The summed E-state index contributed by atoms with van der Waals surface area (Å²) < 4.78 is 45.4. The number of ether oxygens (including phenoxy) is 8. The molecular weight excluding hydrogens is 602 g/mol. The third kappa shape index (κ3) is 10.2. The lowest BCUT2D eigenvalue weighted by atomic mass is 9.95. The lowest BCUT2D eigenvalue weighted by Gasteiger charge is -2.48. The number of aliphatic hydroxyl groups is 2. The van der Waals surface area contributed by atoms with Gasteiger partial charge in [0.15, 0.2) is 30.9 Å². The van der Waals surface area contributed by atoms with E-state index in [1.54, 1.807) is 30.3 Å². The first-order chi connectivity index (χ1) is 21.3. The number of rotatable bonds is 12. The van der Waals surface area contributed by atoms with Crippen LogP contribution in [-0.2, 0) is 68.5 Å². The van der Waals surface area contributed by atoms with Gasteiger partial charge in [-0.2, -0.15) is 0 Å². The number of carbonyl (C=O) groups excluding carboxylic acids is 5. The second-order valence-corrected chi connectivity index (χ2v) is 10.4. The molecule has 10 atom stereocenters. The molecule has 250 valence electrons. The van der Waals surface area contributed by atoms with Crippen molar-refractivity contribution in [3.63, 3.8) is 0 Å². The molecule has 3 N–H and O–H groups in total. The molecule has 1 amide bonds. The number of nitrogens with one attached hydrogen (secondary N) is 1. The average Bonchev–Trinajstić information content (AvgIpc) is 2.95. The minimum absolute atomic E-state index is 0.0229. The van der Waals surface area contributed by atoms with Gasteiger partial charge in [0, 0.05) is 34.6 Å². The Balaban J connectivity index is 2.06. The third-order valence-electron chi connectivity index (χ3n) is 6.74. The van der Waals surface area contributed by atoms with Gasteiger partial charge in [-0.05, 0) is 5.56 Å². The highest BCUT2D eigenvalue weighted by Crippen LogP contribution is 2.34. The van der Waals surface area contributed by atoms with Crippen molar-refractivity contribution in [3.05, 3.63) is 35.9 Å². The van der Waals surface area contributed by atoms with E-state index in [0.29, 0.717) is 0 Å². The molecule has 2 aliphatic rings. The molecule has 2 saturated heterocycles. The Morgan fingerprint density at radius 2 is 1.36 bits per heavy atom. The van der Waals surface area contributed by atoms with Gasteiger partial charge in [-0.15, -0.1) is 0 Å². The molecule has 3 rings (SSSR count). The Morgan fingerprint density at radius 1 is 0.756 bits per heavy atom. The lowest BCUT2D eigenvalue weighted by molar-refractivity contribution is -0.350. The van der Waals surface area contributed by atoms with E-state index in [-0.39, 0.29) is 6.61 Å². The summed E-state index contributed by atoms with van der Waals surface area (Å²) in [5.41, 5.74) is 0.728. The second kappa shape index (κ2) is 16.6. The van der Waals surface area contributed by atoms with Gasteiger partial charge in [-0.3, -0.25) is 24.0 Å². The second-order valence-electron chi connectivity index (χ2n) is 10.4. The van der Waals surface area contributed by atoms with Crippen LogP contribution in [0.2, 0.25) is 0 Å². The van der Waals surface area contributed by atoms with Crippen LogP contribution in [0.1, 0.15) is 40.2 Å². The highest BCUT2D eigenvalue weighted by Gasteiger charge is 2.56. The summed E-state index contributed by atoms with van der Waals surface area (Å²) in [5.74, 6) is -3.74. The van der Waals surface area contributed by atoms with Gasteiger partial charge in [0.1, 0.15) is 37.1 Å². The van der Waals surface area contributed by atoms with Gasteiger partial charge in [0.25, 0.3) is 0 Å². The molecule has 0 radical (unpaired) electrons. The number of benzene rings is 1. The normalized spacial score (nSPS) is 31.3. The zero-order valence-corrected chi connectivity index (χ0v) is 25.5. The zero-order chi connectivity index (χ0) is 33.3. The first-order valence-corrected chi connectivity index (χ1v) is 14.1. The van der Waals surface area contributed by atoms with E-state index >= 15 is 0 Å². The smallest absolute Gasteiger partial charge is 0.303 e. The molecule has 45 heavy (non-hydrogen) atoms. The van der Waals surface area contributed by atoms with Gasteiger partial charge in [0.05, 0.1) is 13.2 Å². The molecule has 1 aromatic rings. The summed E-state index contributed by atoms with van der Waals surface area (Å²) in [7, 11) is 0. The maximum absolute atomic E-state index is 12.2. The Bertz CT molecular complexity index is 1180. The molecule has 0 saturated carbocycles. The number of hydrogen-bond donors (Lipinski definition) is 3. The number of esters is 4. The molecule has 0 aliphatic carbocycles. The predicted octanol–water partition coefficient (Wildman–Crippen LogP) is -0.746. The van der Waals surface area contributed by atoms with Crippen LogP contribution in [0.5, 0.6) is 0 Å². The topological polar surface area (TPSA) is 212 Å². The SMILES string of the molecule is CC(=O)N[C@@H]1[C@@H](OCc2ccccc2)[C@H](O[C@@H]2O[C@H](COC(C)=O)[C@H](OC(C)=O)[C@H](OC(C)=O)[C@H]2OC(C)=O)[C@@H](CO)O[C@H]1O. The molecule has 2 fully saturated rings. The first kappa shape index (κ1) is 35.8. The average molecular weight is 642 g/mol. The fraction of sp³-hybridized carbons (Fsp3) is 0.621. The van der Waals surface area contributed by atoms with Crippen molar-refractivity contribution in [1.29, 1.82) is 0 Å². The Hall–Kier alpha value is -3.67. The zero-order valence-electron chi connectivity index (χ0n) is 25.5. The van der Waals surface area contributed by atoms with Crippen LogP contribution < -0.4 is 5.32 Å². The summed E-state index contributed by atoms with van der Waals surface area (Å²) in [6.45, 7) is 4.36.